The van der Waals surface area contributed by atoms with E-state index in [0.717, 1.165) is 0 Å². The molecule has 0 fully saturated rings. The molecule has 0 amide bonds. The Labute approximate surface area is 98.3 Å². The fourth-order valence-corrected chi connectivity index (χ4v) is 3.09. The summed E-state index contributed by atoms with van der Waals surface area (Å²) in [5.41, 5.74) is 6.39. The third-order valence-electron chi connectivity index (χ3n) is 4.63. The summed E-state index contributed by atoms with van der Waals surface area (Å²) in [7, 11) is 0. The third-order valence-corrected chi connectivity index (χ3v) is 4.63. The maximum absolute atomic E-state index is 3.64. The van der Waals surface area contributed by atoms with Crippen molar-refractivity contribution in [2.45, 2.75) is 57.9 Å². The van der Waals surface area contributed by atoms with Crippen molar-refractivity contribution in [3.63, 3.8) is 0 Å². The Balaban J connectivity index is 2.13. The van der Waals surface area contributed by atoms with Crippen molar-refractivity contribution in [1.29, 1.82) is 0 Å². The van der Waals surface area contributed by atoms with Gasteiger partial charge >= 0.3 is 0 Å². The van der Waals surface area contributed by atoms with Crippen LogP contribution in [0.2, 0.25) is 0 Å². The van der Waals surface area contributed by atoms with E-state index in [0.29, 0.717) is 6.04 Å². The zero-order valence-corrected chi connectivity index (χ0v) is 10.6. The first-order valence-corrected chi connectivity index (χ1v) is 6.52. The van der Waals surface area contributed by atoms with Crippen LogP contribution in [0.4, 0.5) is 5.69 Å². The molecule has 0 saturated carbocycles. The molecule has 1 nitrogen and oxygen atoms in total. The molecule has 1 heteroatoms. The molecule has 2 aliphatic rings. The van der Waals surface area contributed by atoms with Crippen LogP contribution in [0, 0.1) is 0 Å². The smallest absolute Gasteiger partial charge is 0.0384 e. The summed E-state index contributed by atoms with van der Waals surface area (Å²) in [6.45, 7) is 7.00. The molecular weight excluding hydrogens is 194 g/mol. The molecule has 1 aromatic carbocycles. The van der Waals surface area contributed by atoms with Crippen LogP contribution in [-0.2, 0) is 18.3 Å². The first-order chi connectivity index (χ1) is 7.59. The Kier molecular flexibility index (Phi) is 2.07. The molecular formula is C15H21N. The van der Waals surface area contributed by atoms with Crippen molar-refractivity contribution in [2.75, 3.05) is 5.32 Å². The van der Waals surface area contributed by atoms with Gasteiger partial charge < -0.3 is 5.32 Å². The second kappa shape index (κ2) is 3.26. The summed E-state index contributed by atoms with van der Waals surface area (Å²) in [4.78, 5) is 0. The lowest BCUT2D eigenvalue weighted by Crippen LogP contribution is -2.29. The lowest BCUT2D eigenvalue weighted by molar-refractivity contribution is 0.485. The average molecular weight is 215 g/mol. The van der Waals surface area contributed by atoms with Crippen LogP contribution in [-0.4, -0.2) is 6.04 Å². The first kappa shape index (κ1) is 10.2. The fraction of sp³-hybridized carbons (Fsp3) is 0.600. The Bertz CT molecular complexity index is 431. The molecule has 0 bridgehead atoms. The lowest BCUT2D eigenvalue weighted by atomic mass is 9.79. The van der Waals surface area contributed by atoms with Gasteiger partial charge in [-0.2, -0.15) is 0 Å². The third kappa shape index (κ3) is 1.30. The standard InChI is InChI=1S/C15H21N/c1-10-15(2,3)13-8-11-6-4-5-7-12(11)9-14(13)16-10/h8-10,16H,4-7H2,1-3H3. The van der Waals surface area contributed by atoms with Gasteiger partial charge in [0.25, 0.3) is 0 Å². The summed E-state index contributed by atoms with van der Waals surface area (Å²) in [6.07, 6.45) is 5.30. The van der Waals surface area contributed by atoms with Gasteiger partial charge in [-0.25, -0.2) is 0 Å². The van der Waals surface area contributed by atoms with E-state index in [1.165, 1.54) is 36.9 Å². The maximum atomic E-state index is 3.64. The number of hydrogen-bond acceptors (Lipinski definition) is 1. The van der Waals surface area contributed by atoms with Crippen LogP contribution < -0.4 is 5.32 Å². The van der Waals surface area contributed by atoms with Crippen molar-refractivity contribution >= 4 is 5.69 Å². The van der Waals surface area contributed by atoms with Crippen LogP contribution in [0.25, 0.3) is 0 Å². The van der Waals surface area contributed by atoms with E-state index in [4.69, 9.17) is 0 Å². The second-order valence-electron chi connectivity index (χ2n) is 5.96. The molecule has 0 spiro atoms. The van der Waals surface area contributed by atoms with Crippen molar-refractivity contribution in [2.24, 2.45) is 0 Å². The molecule has 1 aromatic rings. The van der Waals surface area contributed by atoms with E-state index in [1.54, 1.807) is 11.1 Å². The predicted molar refractivity (Wildman–Crippen MR) is 69.2 cm³/mol. The Morgan fingerprint density at radius 3 is 2.44 bits per heavy atom. The quantitative estimate of drug-likeness (QED) is 0.696. The highest BCUT2D eigenvalue weighted by Gasteiger charge is 2.37. The van der Waals surface area contributed by atoms with E-state index in [-0.39, 0.29) is 5.41 Å². The molecule has 0 aromatic heterocycles. The van der Waals surface area contributed by atoms with E-state index in [9.17, 15) is 0 Å². The zero-order chi connectivity index (χ0) is 11.3. The molecule has 1 N–H and O–H groups in total. The summed E-state index contributed by atoms with van der Waals surface area (Å²) in [6, 6.07) is 5.43. The minimum absolute atomic E-state index is 0.280. The highest BCUT2D eigenvalue weighted by atomic mass is 15.0. The summed E-state index contributed by atoms with van der Waals surface area (Å²) < 4.78 is 0. The van der Waals surface area contributed by atoms with Crippen molar-refractivity contribution in [3.8, 4) is 0 Å². The fourth-order valence-electron chi connectivity index (χ4n) is 3.09. The normalized spacial score (nSPS) is 25.8. The van der Waals surface area contributed by atoms with E-state index in [1.807, 2.05) is 0 Å². The maximum Gasteiger partial charge on any atom is 0.0384 e. The topological polar surface area (TPSA) is 12.0 Å². The van der Waals surface area contributed by atoms with Crippen LogP contribution >= 0.6 is 0 Å². The number of nitrogens with one attached hydrogen (secondary N) is 1. The largest absolute Gasteiger partial charge is 0.381 e. The van der Waals surface area contributed by atoms with Crippen LogP contribution in [0.3, 0.4) is 0 Å². The molecule has 0 saturated heterocycles. The van der Waals surface area contributed by atoms with Gasteiger partial charge in [0.2, 0.25) is 0 Å². The van der Waals surface area contributed by atoms with Gasteiger partial charge in [-0.05, 0) is 55.4 Å². The molecule has 1 heterocycles. The molecule has 3 rings (SSSR count). The minimum atomic E-state index is 0.280. The second-order valence-corrected chi connectivity index (χ2v) is 5.96. The number of aryl methyl sites for hydroxylation is 2. The van der Waals surface area contributed by atoms with Gasteiger partial charge in [0.15, 0.2) is 0 Å². The SMILES string of the molecule is CC1Nc2cc3c(cc2C1(C)C)CCCC3. The molecule has 1 unspecified atom stereocenters. The molecule has 16 heavy (non-hydrogen) atoms. The monoisotopic (exact) mass is 215 g/mol. The van der Waals surface area contributed by atoms with Gasteiger partial charge in [0.1, 0.15) is 0 Å². The van der Waals surface area contributed by atoms with Gasteiger partial charge in [-0.15, -0.1) is 0 Å². The Morgan fingerprint density at radius 2 is 1.75 bits per heavy atom. The summed E-state index contributed by atoms with van der Waals surface area (Å²) in [5.74, 6) is 0. The predicted octanol–water partition coefficient (Wildman–Crippen LogP) is 3.66. The van der Waals surface area contributed by atoms with Crippen molar-refractivity contribution in [1.82, 2.24) is 0 Å². The van der Waals surface area contributed by atoms with E-state index >= 15 is 0 Å². The first-order valence-electron chi connectivity index (χ1n) is 6.52. The number of fused-ring (bicyclic) bond motifs is 2. The van der Waals surface area contributed by atoms with E-state index < -0.39 is 0 Å². The molecule has 1 aliphatic heterocycles. The molecule has 0 radical (unpaired) electrons. The summed E-state index contributed by atoms with van der Waals surface area (Å²) in [5, 5.41) is 3.64. The van der Waals surface area contributed by atoms with Gasteiger partial charge in [-0.3, -0.25) is 0 Å². The molecule has 86 valence electrons. The zero-order valence-electron chi connectivity index (χ0n) is 10.6. The lowest BCUT2D eigenvalue weighted by Gasteiger charge is -2.25. The number of benzene rings is 1. The Hall–Kier alpha value is -0.980. The highest BCUT2D eigenvalue weighted by Crippen LogP contribution is 2.42. The van der Waals surface area contributed by atoms with Crippen LogP contribution in [0.15, 0.2) is 12.1 Å². The molecule has 1 atom stereocenters. The highest BCUT2D eigenvalue weighted by molar-refractivity contribution is 5.64. The van der Waals surface area contributed by atoms with Gasteiger partial charge in [-0.1, -0.05) is 19.9 Å². The molecule has 1 aliphatic carbocycles. The Morgan fingerprint density at radius 1 is 1.12 bits per heavy atom. The van der Waals surface area contributed by atoms with Crippen molar-refractivity contribution in [3.05, 3.63) is 28.8 Å². The van der Waals surface area contributed by atoms with Crippen molar-refractivity contribution < 1.29 is 0 Å². The number of anilines is 1. The number of hydrogen-bond donors (Lipinski definition) is 1. The summed E-state index contributed by atoms with van der Waals surface area (Å²) >= 11 is 0. The average Bonchev–Trinajstić information content (AvgIpc) is 2.48. The van der Waals surface area contributed by atoms with Crippen LogP contribution in [0.5, 0.6) is 0 Å². The van der Waals surface area contributed by atoms with Gasteiger partial charge in [0.05, 0.1) is 0 Å². The van der Waals surface area contributed by atoms with Gasteiger partial charge in [0, 0.05) is 17.1 Å². The number of rotatable bonds is 0. The van der Waals surface area contributed by atoms with Crippen LogP contribution in [0.1, 0.15) is 50.3 Å². The minimum Gasteiger partial charge on any atom is -0.381 e. The van der Waals surface area contributed by atoms with E-state index in [2.05, 4.69) is 38.2 Å².